The van der Waals surface area contributed by atoms with Gasteiger partial charge in [-0.05, 0) is 30.5 Å². The summed E-state index contributed by atoms with van der Waals surface area (Å²) in [5, 5.41) is 11.3. The Balaban J connectivity index is 1.87. The summed E-state index contributed by atoms with van der Waals surface area (Å²) in [5.41, 5.74) is 1.22. The van der Waals surface area contributed by atoms with E-state index in [-0.39, 0.29) is 18.3 Å². The lowest BCUT2D eigenvalue weighted by Gasteiger charge is -2.05. The van der Waals surface area contributed by atoms with Gasteiger partial charge in [-0.1, -0.05) is 12.1 Å². The van der Waals surface area contributed by atoms with Crippen molar-refractivity contribution in [1.82, 2.24) is 5.32 Å². The molecule has 1 aromatic carbocycles. The number of aryl methyl sites for hydroxylation is 1. The fraction of sp³-hybridized carbons (Fsp3) is 0.385. The van der Waals surface area contributed by atoms with Crippen molar-refractivity contribution in [3.05, 3.63) is 35.1 Å². The van der Waals surface area contributed by atoms with Crippen LogP contribution in [0.3, 0.4) is 0 Å². The van der Waals surface area contributed by atoms with Crippen LogP contribution in [0.1, 0.15) is 17.5 Å². The van der Waals surface area contributed by atoms with E-state index in [2.05, 4.69) is 5.32 Å². The molecule has 18 heavy (non-hydrogen) atoms. The molecule has 96 valence electrons. The van der Waals surface area contributed by atoms with Crippen molar-refractivity contribution in [2.24, 2.45) is 11.8 Å². The molecule has 5 heteroatoms. The van der Waals surface area contributed by atoms with Gasteiger partial charge in [-0.15, -0.1) is 0 Å². The van der Waals surface area contributed by atoms with Gasteiger partial charge in [0.1, 0.15) is 5.82 Å². The molecule has 1 saturated carbocycles. The molecule has 0 heterocycles. The Morgan fingerprint density at radius 3 is 2.72 bits per heavy atom. The zero-order chi connectivity index (χ0) is 13.3. The van der Waals surface area contributed by atoms with Gasteiger partial charge >= 0.3 is 5.97 Å². The van der Waals surface area contributed by atoms with Crippen molar-refractivity contribution in [2.45, 2.75) is 19.9 Å². The molecule has 1 aromatic rings. The fourth-order valence-electron chi connectivity index (χ4n) is 1.82. The summed E-state index contributed by atoms with van der Waals surface area (Å²) in [6.07, 6.45) is 0.392. The Labute approximate surface area is 104 Å². The molecule has 1 aliphatic rings. The smallest absolute Gasteiger partial charge is 0.307 e. The number of carbonyl (C=O) groups is 2. The number of carboxylic acids is 1. The van der Waals surface area contributed by atoms with Crippen LogP contribution in [0.25, 0.3) is 0 Å². The average Bonchev–Trinajstić information content (AvgIpc) is 3.10. The van der Waals surface area contributed by atoms with Crippen LogP contribution in [0.15, 0.2) is 18.2 Å². The van der Waals surface area contributed by atoms with Gasteiger partial charge in [0.05, 0.1) is 11.8 Å². The second-order valence-electron chi connectivity index (χ2n) is 4.59. The Morgan fingerprint density at radius 1 is 1.44 bits per heavy atom. The summed E-state index contributed by atoms with van der Waals surface area (Å²) in [5.74, 6) is -2.51. The van der Waals surface area contributed by atoms with Gasteiger partial charge < -0.3 is 10.4 Å². The van der Waals surface area contributed by atoms with Crippen molar-refractivity contribution in [3.63, 3.8) is 0 Å². The first-order chi connectivity index (χ1) is 8.49. The van der Waals surface area contributed by atoms with Crippen LogP contribution in [-0.2, 0) is 16.1 Å². The van der Waals surface area contributed by atoms with Crippen LogP contribution >= 0.6 is 0 Å². The van der Waals surface area contributed by atoms with E-state index in [4.69, 9.17) is 5.11 Å². The molecule has 1 fully saturated rings. The molecule has 0 bridgehead atoms. The van der Waals surface area contributed by atoms with Crippen LogP contribution in [0.2, 0.25) is 0 Å². The van der Waals surface area contributed by atoms with E-state index in [1.165, 1.54) is 6.07 Å². The number of benzene rings is 1. The molecule has 0 unspecified atom stereocenters. The summed E-state index contributed by atoms with van der Waals surface area (Å²) in [4.78, 5) is 22.2. The number of hydrogen-bond acceptors (Lipinski definition) is 2. The van der Waals surface area contributed by atoms with E-state index in [0.717, 1.165) is 0 Å². The SMILES string of the molecule is Cc1ccc(CNC(=O)[C@@H]2C[C@@H]2C(=O)O)cc1F. The van der Waals surface area contributed by atoms with Crippen molar-refractivity contribution >= 4 is 11.9 Å². The van der Waals surface area contributed by atoms with Crippen molar-refractivity contribution < 1.29 is 19.1 Å². The van der Waals surface area contributed by atoms with E-state index in [0.29, 0.717) is 17.5 Å². The summed E-state index contributed by atoms with van der Waals surface area (Å²) >= 11 is 0. The number of carbonyl (C=O) groups excluding carboxylic acids is 1. The van der Waals surface area contributed by atoms with Gasteiger partial charge in [-0.2, -0.15) is 0 Å². The minimum Gasteiger partial charge on any atom is -0.481 e. The highest BCUT2D eigenvalue weighted by Crippen LogP contribution is 2.38. The third-order valence-corrected chi connectivity index (χ3v) is 3.15. The Hall–Kier alpha value is -1.91. The topological polar surface area (TPSA) is 66.4 Å². The molecule has 2 N–H and O–H groups in total. The highest BCUT2D eigenvalue weighted by molar-refractivity contribution is 5.89. The number of halogens is 1. The highest BCUT2D eigenvalue weighted by atomic mass is 19.1. The maximum atomic E-state index is 13.3. The third-order valence-electron chi connectivity index (χ3n) is 3.15. The Morgan fingerprint density at radius 2 is 2.17 bits per heavy atom. The number of rotatable bonds is 4. The molecule has 2 rings (SSSR count). The van der Waals surface area contributed by atoms with E-state index in [1.807, 2.05) is 0 Å². The first-order valence-electron chi connectivity index (χ1n) is 5.74. The lowest BCUT2D eigenvalue weighted by atomic mass is 10.1. The highest BCUT2D eigenvalue weighted by Gasteiger charge is 2.48. The predicted molar refractivity (Wildman–Crippen MR) is 62.2 cm³/mol. The minimum absolute atomic E-state index is 0.221. The summed E-state index contributed by atoms with van der Waals surface area (Å²) < 4.78 is 13.3. The standard InChI is InChI=1S/C13H14FNO3/c1-7-2-3-8(4-11(7)14)6-15-12(16)9-5-10(9)13(17)18/h2-4,9-10H,5-6H2,1H3,(H,15,16)(H,17,18)/t9-,10+/m1/s1. The predicted octanol–water partition coefficient (Wildman–Crippen LogP) is 1.47. The van der Waals surface area contributed by atoms with Crippen LogP contribution in [0.4, 0.5) is 4.39 Å². The van der Waals surface area contributed by atoms with Gasteiger partial charge in [0.15, 0.2) is 0 Å². The van der Waals surface area contributed by atoms with E-state index in [9.17, 15) is 14.0 Å². The van der Waals surface area contributed by atoms with E-state index < -0.39 is 17.8 Å². The van der Waals surface area contributed by atoms with Crippen LogP contribution in [-0.4, -0.2) is 17.0 Å². The molecule has 0 aliphatic heterocycles. The zero-order valence-corrected chi connectivity index (χ0v) is 9.94. The zero-order valence-electron chi connectivity index (χ0n) is 9.94. The number of hydrogen-bond donors (Lipinski definition) is 2. The maximum absolute atomic E-state index is 13.3. The molecule has 2 atom stereocenters. The monoisotopic (exact) mass is 251 g/mol. The molecule has 0 spiro atoms. The molecule has 1 aliphatic carbocycles. The normalized spacial score (nSPS) is 21.4. The van der Waals surface area contributed by atoms with Crippen LogP contribution in [0, 0.1) is 24.6 Å². The van der Waals surface area contributed by atoms with Gasteiger partial charge in [-0.25, -0.2) is 4.39 Å². The second-order valence-corrected chi connectivity index (χ2v) is 4.59. The first kappa shape index (κ1) is 12.5. The number of aliphatic carboxylic acids is 1. The molecule has 0 radical (unpaired) electrons. The lowest BCUT2D eigenvalue weighted by Crippen LogP contribution is -2.25. The largest absolute Gasteiger partial charge is 0.481 e. The van der Waals surface area contributed by atoms with Crippen molar-refractivity contribution in [1.29, 1.82) is 0 Å². The van der Waals surface area contributed by atoms with E-state index in [1.54, 1.807) is 19.1 Å². The third kappa shape index (κ3) is 2.67. The maximum Gasteiger partial charge on any atom is 0.307 e. The first-order valence-corrected chi connectivity index (χ1v) is 5.74. The molecule has 1 amide bonds. The molecule has 4 nitrogen and oxygen atoms in total. The summed E-state index contributed by atoms with van der Waals surface area (Å²) in [6, 6.07) is 4.76. The second kappa shape index (κ2) is 4.76. The molecular weight excluding hydrogens is 237 g/mol. The van der Waals surface area contributed by atoms with Crippen LogP contribution < -0.4 is 5.32 Å². The van der Waals surface area contributed by atoms with Crippen molar-refractivity contribution in [2.75, 3.05) is 0 Å². The van der Waals surface area contributed by atoms with Crippen LogP contribution in [0.5, 0.6) is 0 Å². The Kier molecular flexibility index (Phi) is 3.32. The summed E-state index contributed by atoms with van der Waals surface area (Å²) in [7, 11) is 0. The number of nitrogens with one attached hydrogen (secondary N) is 1. The summed E-state index contributed by atoms with van der Waals surface area (Å²) in [6.45, 7) is 1.89. The fourth-order valence-corrected chi connectivity index (χ4v) is 1.82. The Bertz CT molecular complexity index is 501. The molecular formula is C13H14FNO3. The van der Waals surface area contributed by atoms with Gasteiger partial charge in [-0.3, -0.25) is 9.59 Å². The minimum atomic E-state index is -0.934. The van der Waals surface area contributed by atoms with Gasteiger partial charge in [0.2, 0.25) is 5.91 Å². The number of amides is 1. The van der Waals surface area contributed by atoms with Crippen molar-refractivity contribution in [3.8, 4) is 0 Å². The van der Waals surface area contributed by atoms with E-state index >= 15 is 0 Å². The molecule has 0 aromatic heterocycles. The van der Waals surface area contributed by atoms with Gasteiger partial charge in [0.25, 0.3) is 0 Å². The lowest BCUT2D eigenvalue weighted by molar-refractivity contribution is -0.140. The quantitative estimate of drug-likeness (QED) is 0.851. The van der Waals surface area contributed by atoms with Gasteiger partial charge in [0, 0.05) is 6.54 Å². The number of carboxylic acid groups (broad SMARTS) is 1. The molecule has 0 saturated heterocycles. The average molecular weight is 251 g/mol.